The summed E-state index contributed by atoms with van der Waals surface area (Å²) in [4.78, 5) is 19.4. The number of nitrogens with zero attached hydrogens (tertiary/aromatic N) is 2. The average Bonchev–Trinajstić information content (AvgIpc) is 2.40. The lowest BCUT2D eigenvalue weighted by atomic mass is 10.2. The molecule has 0 fully saturated rings. The molecule has 6 nitrogen and oxygen atoms in total. The van der Waals surface area contributed by atoms with E-state index in [0.717, 1.165) is 5.56 Å². The molecule has 2 amide bonds. The first-order valence-corrected chi connectivity index (χ1v) is 5.42. The molecule has 0 radical (unpaired) electrons. The third-order valence-electron chi connectivity index (χ3n) is 2.21. The molecule has 0 saturated heterocycles. The Morgan fingerprint density at radius 2 is 1.94 bits per heavy atom. The predicted molar refractivity (Wildman–Crippen MR) is 69.0 cm³/mol. The predicted octanol–water partition coefficient (Wildman–Crippen LogP) is 1.58. The Labute approximate surface area is 104 Å². The molecule has 2 rings (SSSR count). The molecule has 0 aliphatic rings. The van der Waals surface area contributed by atoms with Gasteiger partial charge in [-0.15, -0.1) is 0 Å². The van der Waals surface area contributed by atoms with Crippen molar-refractivity contribution in [1.29, 1.82) is 0 Å². The molecule has 0 unspecified atom stereocenters. The van der Waals surface area contributed by atoms with Crippen molar-refractivity contribution in [2.24, 2.45) is 5.73 Å². The van der Waals surface area contributed by atoms with Gasteiger partial charge in [-0.05, 0) is 23.8 Å². The van der Waals surface area contributed by atoms with E-state index in [2.05, 4.69) is 20.6 Å². The number of carbonyl (C=O) groups is 1. The lowest BCUT2D eigenvalue weighted by molar-refractivity contribution is 0.262. The molecule has 0 saturated carbocycles. The van der Waals surface area contributed by atoms with Crippen LogP contribution >= 0.6 is 0 Å². The number of carbonyl (C=O) groups excluding carboxylic acids is 1. The summed E-state index contributed by atoms with van der Waals surface area (Å²) in [6, 6.07) is 8.60. The van der Waals surface area contributed by atoms with Gasteiger partial charge in [0.25, 0.3) is 0 Å². The summed E-state index contributed by atoms with van der Waals surface area (Å²) < 4.78 is 0. The Hall–Kier alpha value is -2.47. The number of nitrogens with two attached hydrogens (primary N) is 1. The van der Waals surface area contributed by atoms with Crippen molar-refractivity contribution in [1.82, 2.24) is 9.97 Å². The second-order valence-electron chi connectivity index (χ2n) is 3.56. The minimum atomic E-state index is -0.393. The smallest absolute Gasteiger partial charge is 0.326 e. The summed E-state index contributed by atoms with van der Waals surface area (Å²) in [5.74, 6) is 0.255. The number of nitrogens with one attached hydrogen (secondary N) is 2. The molecule has 18 heavy (non-hydrogen) atoms. The number of amides is 2. The highest BCUT2D eigenvalue weighted by Gasteiger charge is 2.04. The molecule has 6 heteroatoms. The minimum absolute atomic E-state index is 0.255. The van der Waals surface area contributed by atoms with Crippen molar-refractivity contribution >= 4 is 17.7 Å². The molecule has 0 bridgehead atoms. The zero-order chi connectivity index (χ0) is 12.8. The average molecular weight is 243 g/mol. The van der Waals surface area contributed by atoms with Crippen LogP contribution in [0.3, 0.4) is 0 Å². The summed E-state index contributed by atoms with van der Waals surface area (Å²) >= 11 is 0. The second kappa shape index (κ2) is 5.74. The molecule has 92 valence electrons. The van der Waals surface area contributed by atoms with E-state index in [1.807, 2.05) is 18.2 Å². The van der Waals surface area contributed by atoms with Gasteiger partial charge in [-0.1, -0.05) is 12.1 Å². The highest BCUT2D eigenvalue weighted by Crippen LogP contribution is 2.10. The van der Waals surface area contributed by atoms with Gasteiger partial charge in [0.15, 0.2) is 0 Å². The number of hydrogen-bond donors (Lipinski definition) is 3. The van der Waals surface area contributed by atoms with Gasteiger partial charge in [0.05, 0.1) is 0 Å². The van der Waals surface area contributed by atoms with Crippen molar-refractivity contribution in [3.8, 4) is 0 Å². The number of anilines is 2. The van der Waals surface area contributed by atoms with Gasteiger partial charge in [0.1, 0.15) is 0 Å². The summed E-state index contributed by atoms with van der Waals surface area (Å²) in [6.45, 7) is 0.429. The van der Waals surface area contributed by atoms with E-state index < -0.39 is 6.03 Å². The van der Waals surface area contributed by atoms with Crippen LogP contribution < -0.4 is 16.4 Å². The summed E-state index contributed by atoms with van der Waals surface area (Å²) in [5, 5.41) is 5.20. The number of rotatable bonds is 3. The topological polar surface area (TPSA) is 92.9 Å². The summed E-state index contributed by atoms with van der Waals surface area (Å²) in [7, 11) is 0. The fourth-order valence-electron chi connectivity index (χ4n) is 1.40. The maximum absolute atomic E-state index is 11.6. The maximum Gasteiger partial charge on any atom is 0.326 e. The van der Waals surface area contributed by atoms with Gasteiger partial charge >= 0.3 is 6.03 Å². The quantitative estimate of drug-likeness (QED) is 0.763. The first-order chi connectivity index (χ1) is 8.78. The molecule has 1 heterocycles. The van der Waals surface area contributed by atoms with E-state index >= 15 is 0 Å². The van der Waals surface area contributed by atoms with E-state index in [9.17, 15) is 4.79 Å². The zero-order valence-corrected chi connectivity index (χ0v) is 9.63. The first-order valence-electron chi connectivity index (χ1n) is 5.42. The summed E-state index contributed by atoms with van der Waals surface area (Å²) in [5.41, 5.74) is 7.15. The number of aromatic nitrogens is 2. The molecule has 1 aromatic heterocycles. The van der Waals surface area contributed by atoms with Crippen LogP contribution in [-0.2, 0) is 6.54 Å². The van der Waals surface area contributed by atoms with E-state index in [1.54, 1.807) is 24.5 Å². The third-order valence-corrected chi connectivity index (χ3v) is 2.21. The number of benzene rings is 1. The Kier molecular flexibility index (Phi) is 3.83. The molecular formula is C12H13N5O. The van der Waals surface area contributed by atoms with Crippen molar-refractivity contribution in [3.05, 3.63) is 48.3 Å². The lowest BCUT2D eigenvalue weighted by Crippen LogP contribution is -2.20. The minimum Gasteiger partial charge on any atom is -0.326 e. The van der Waals surface area contributed by atoms with Crippen LogP contribution in [-0.4, -0.2) is 16.0 Å². The highest BCUT2D eigenvalue weighted by atomic mass is 16.2. The van der Waals surface area contributed by atoms with Crippen LogP contribution in [0, 0.1) is 0 Å². The largest absolute Gasteiger partial charge is 0.326 e. The molecule has 0 aliphatic carbocycles. The molecular weight excluding hydrogens is 230 g/mol. The van der Waals surface area contributed by atoms with Crippen LogP contribution in [0.15, 0.2) is 42.7 Å². The Bertz CT molecular complexity index is 529. The standard InChI is InChI=1S/C12H13N5O/c13-8-9-3-1-4-10(7-9)16-12(18)17-11-14-5-2-6-15-11/h1-7H,8,13H2,(H2,14,15,16,17,18). The second-order valence-corrected chi connectivity index (χ2v) is 3.56. The van der Waals surface area contributed by atoms with Gasteiger partial charge in [0, 0.05) is 24.6 Å². The number of hydrogen-bond acceptors (Lipinski definition) is 4. The van der Waals surface area contributed by atoms with Crippen LogP contribution in [0.5, 0.6) is 0 Å². The Morgan fingerprint density at radius 1 is 1.17 bits per heavy atom. The summed E-state index contributed by atoms with van der Waals surface area (Å²) in [6.07, 6.45) is 3.11. The Morgan fingerprint density at radius 3 is 2.67 bits per heavy atom. The van der Waals surface area contributed by atoms with Crippen molar-refractivity contribution in [2.75, 3.05) is 10.6 Å². The molecule has 0 aliphatic heterocycles. The maximum atomic E-state index is 11.6. The van der Waals surface area contributed by atoms with Gasteiger partial charge in [-0.2, -0.15) is 0 Å². The number of urea groups is 1. The molecule has 2 aromatic rings. The molecule has 1 aromatic carbocycles. The Balaban J connectivity index is 1.99. The highest BCUT2D eigenvalue weighted by molar-refractivity contribution is 5.98. The fourth-order valence-corrected chi connectivity index (χ4v) is 1.40. The monoisotopic (exact) mass is 243 g/mol. The van der Waals surface area contributed by atoms with Gasteiger partial charge in [0.2, 0.25) is 5.95 Å². The molecule has 4 N–H and O–H groups in total. The normalized spacial score (nSPS) is 9.83. The van der Waals surface area contributed by atoms with E-state index in [1.165, 1.54) is 0 Å². The van der Waals surface area contributed by atoms with Gasteiger partial charge in [-0.25, -0.2) is 14.8 Å². The first kappa shape index (κ1) is 12.0. The van der Waals surface area contributed by atoms with Crippen molar-refractivity contribution in [3.63, 3.8) is 0 Å². The van der Waals surface area contributed by atoms with E-state index in [4.69, 9.17) is 5.73 Å². The SMILES string of the molecule is NCc1cccc(NC(=O)Nc2ncccn2)c1. The van der Waals surface area contributed by atoms with Gasteiger partial charge in [-0.3, -0.25) is 5.32 Å². The fraction of sp³-hybridized carbons (Fsp3) is 0.0833. The van der Waals surface area contributed by atoms with Crippen LogP contribution in [0.25, 0.3) is 0 Å². The van der Waals surface area contributed by atoms with E-state index in [0.29, 0.717) is 12.2 Å². The van der Waals surface area contributed by atoms with Crippen LogP contribution in [0.4, 0.5) is 16.4 Å². The molecule has 0 spiro atoms. The lowest BCUT2D eigenvalue weighted by Gasteiger charge is -2.07. The van der Waals surface area contributed by atoms with Crippen molar-refractivity contribution < 1.29 is 4.79 Å². The van der Waals surface area contributed by atoms with E-state index in [-0.39, 0.29) is 5.95 Å². The zero-order valence-electron chi connectivity index (χ0n) is 9.63. The van der Waals surface area contributed by atoms with Crippen molar-refractivity contribution in [2.45, 2.75) is 6.54 Å². The van der Waals surface area contributed by atoms with Crippen LogP contribution in [0.2, 0.25) is 0 Å². The third kappa shape index (κ3) is 3.26. The molecule has 0 atom stereocenters. The van der Waals surface area contributed by atoms with Crippen LogP contribution in [0.1, 0.15) is 5.56 Å². The van der Waals surface area contributed by atoms with Gasteiger partial charge < -0.3 is 11.1 Å².